The van der Waals surface area contributed by atoms with Gasteiger partial charge in [-0.25, -0.2) is 9.59 Å². The van der Waals surface area contributed by atoms with Crippen LogP contribution in [-0.4, -0.2) is 54.2 Å². The van der Waals surface area contributed by atoms with Gasteiger partial charge in [0.2, 0.25) is 0 Å². The van der Waals surface area contributed by atoms with Gasteiger partial charge in [0.1, 0.15) is 22.8 Å². The average Bonchev–Trinajstić information content (AvgIpc) is 2.77. The lowest BCUT2D eigenvalue weighted by atomic mass is 9.86. The van der Waals surface area contributed by atoms with Crippen LogP contribution in [0.5, 0.6) is 11.5 Å². The second kappa shape index (κ2) is 14.3. The summed E-state index contributed by atoms with van der Waals surface area (Å²) in [5.41, 5.74) is 3.69. The molecule has 226 valence electrons. The first-order valence-electron chi connectivity index (χ1n) is 13.3. The van der Waals surface area contributed by atoms with E-state index >= 15 is 0 Å². The van der Waals surface area contributed by atoms with E-state index in [1.54, 1.807) is 54.5 Å². The largest absolute Gasteiger partial charge is 0.514 e. The summed E-state index contributed by atoms with van der Waals surface area (Å²) in [5, 5.41) is 0. The van der Waals surface area contributed by atoms with Gasteiger partial charge in [-0.3, -0.25) is 9.59 Å². The van der Waals surface area contributed by atoms with Gasteiger partial charge in [0.05, 0.1) is 7.11 Å². The second-order valence-corrected chi connectivity index (χ2v) is 12.0. The molecule has 1 aromatic rings. The average molecular weight is 568 g/mol. The molecule has 0 radical (unpaired) electrons. The molecule has 11 nitrogen and oxygen atoms in total. The molecule has 0 fully saturated rings. The molecule has 0 aromatic heterocycles. The highest BCUT2D eigenvalue weighted by atomic mass is 16.8. The van der Waals surface area contributed by atoms with Gasteiger partial charge in [0.15, 0.2) is 11.5 Å². The maximum atomic E-state index is 12.8. The van der Waals surface area contributed by atoms with Crippen molar-refractivity contribution in [2.75, 3.05) is 7.11 Å². The number of nitrogens with two attached hydrogens (primary N) is 1. The molecule has 40 heavy (non-hydrogen) atoms. The summed E-state index contributed by atoms with van der Waals surface area (Å²) in [4.78, 5) is 49.8. The van der Waals surface area contributed by atoms with Crippen LogP contribution in [0.15, 0.2) is 18.2 Å². The quantitative estimate of drug-likeness (QED) is 0.205. The molecule has 2 N–H and O–H groups in total. The maximum Gasteiger partial charge on any atom is 0.514 e. The number of rotatable bonds is 11. The Bertz CT molecular complexity index is 1040. The zero-order valence-corrected chi connectivity index (χ0v) is 25.4. The molecule has 3 atom stereocenters. The molecule has 0 spiro atoms. The number of benzene rings is 1. The predicted octanol–water partition coefficient (Wildman–Crippen LogP) is 5.49. The SMILES string of the molecule is CCC(C)CC(=O)O[C@@H](C)CC(N)(Cc1ccc(OC(=O)OC(C)(C)C)c(OC(=O)OC(C)(C)C)c1)C(=O)OC. The van der Waals surface area contributed by atoms with Gasteiger partial charge in [-0.15, -0.1) is 0 Å². The van der Waals surface area contributed by atoms with Gasteiger partial charge in [-0.1, -0.05) is 26.3 Å². The number of esters is 2. The summed E-state index contributed by atoms with van der Waals surface area (Å²) < 4.78 is 31.5. The Morgan fingerprint density at radius 2 is 1.40 bits per heavy atom. The highest BCUT2D eigenvalue weighted by Gasteiger charge is 2.38. The topological polar surface area (TPSA) is 150 Å². The van der Waals surface area contributed by atoms with Crippen molar-refractivity contribution < 1.29 is 47.6 Å². The lowest BCUT2D eigenvalue weighted by Crippen LogP contribution is -2.53. The Morgan fingerprint density at radius 1 is 0.875 bits per heavy atom. The molecule has 0 aliphatic heterocycles. The van der Waals surface area contributed by atoms with Crippen LogP contribution < -0.4 is 15.2 Å². The highest BCUT2D eigenvalue weighted by Crippen LogP contribution is 2.32. The number of hydrogen-bond acceptors (Lipinski definition) is 11. The lowest BCUT2D eigenvalue weighted by molar-refractivity contribution is -0.155. The van der Waals surface area contributed by atoms with Crippen LogP contribution in [0.3, 0.4) is 0 Å². The number of carbonyl (C=O) groups excluding carboxylic acids is 4. The third kappa shape index (κ3) is 12.7. The molecular formula is C29H45NO10. The van der Waals surface area contributed by atoms with Crippen LogP contribution in [0.4, 0.5) is 9.59 Å². The van der Waals surface area contributed by atoms with Crippen molar-refractivity contribution in [1.82, 2.24) is 0 Å². The molecule has 0 heterocycles. The summed E-state index contributed by atoms with van der Waals surface area (Å²) in [5.74, 6) is -1.21. The van der Waals surface area contributed by atoms with E-state index in [4.69, 9.17) is 34.2 Å². The van der Waals surface area contributed by atoms with Crippen LogP contribution in [-0.2, 0) is 35.0 Å². The van der Waals surface area contributed by atoms with E-state index in [-0.39, 0.29) is 42.6 Å². The van der Waals surface area contributed by atoms with E-state index in [0.717, 1.165) is 6.42 Å². The first kappa shape index (κ1) is 34.7. The third-order valence-corrected chi connectivity index (χ3v) is 5.48. The van der Waals surface area contributed by atoms with Gasteiger partial charge in [-0.2, -0.15) is 0 Å². The molecule has 1 rings (SSSR count). The highest BCUT2D eigenvalue weighted by molar-refractivity contribution is 5.81. The van der Waals surface area contributed by atoms with E-state index in [9.17, 15) is 19.2 Å². The number of carbonyl (C=O) groups is 4. The van der Waals surface area contributed by atoms with Crippen LogP contribution in [0.25, 0.3) is 0 Å². The van der Waals surface area contributed by atoms with Crippen molar-refractivity contribution in [3.05, 3.63) is 23.8 Å². The Labute approximate surface area is 236 Å². The fourth-order valence-corrected chi connectivity index (χ4v) is 3.60. The predicted molar refractivity (Wildman–Crippen MR) is 147 cm³/mol. The van der Waals surface area contributed by atoms with Crippen LogP contribution in [0.2, 0.25) is 0 Å². The minimum atomic E-state index is -1.60. The first-order chi connectivity index (χ1) is 18.3. The zero-order chi connectivity index (χ0) is 30.9. The Hall–Kier alpha value is -3.34. The molecular weight excluding hydrogens is 522 g/mol. The smallest absolute Gasteiger partial charge is 0.468 e. The normalized spacial score (nSPS) is 14.7. The molecule has 0 aliphatic carbocycles. The molecule has 0 bridgehead atoms. The van der Waals surface area contributed by atoms with Crippen molar-refractivity contribution in [2.24, 2.45) is 11.7 Å². The van der Waals surface area contributed by atoms with E-state index in [0.29, 0.717) is 5.56 Å². The Balaban J connectivity index is 3.28. The number of hydrogen-bond donors (Lipinski definition) is 1. The van der Waals surface area contributed by atoms with Crippen LogP contribution in [0, 0.1) is 5.92 Å². The molecule has 2 unspecified atom stereocenters. The van der Waals surface area contributed by atoms with Crippen molar-refractivity contribution in [3.8, 4) is 11.5 Å². The number of methoxy groups -OCH3 is 1. The minimum absolute atomic E-state index is 0.0374. The van der Waals surface area contributed by atoms with E-state index < -0.39 is 41.1 Å². The molecule has 0 amide bonds. The molecule has 1 aromatic carbocycles. The maximum absolute atomic E-state index is 12.8. The summed E-state index contributed by atoms with van der Waals surface area (Å²) >= 11 is 0. The van der Waals surface area contributed by atoms with Gasteiger partial charge >= 0.3 is 24.2 Å². The van der Waals surface area contributed by atoms with Crippen molar-refractivity contribution in [3.63, 3.8) is 0 Å². The summed E-state index contributed by atoms with van der Waals surface area (Å²) in [6.07, 6.45) is -1.77. The van der Waals surface area contributed by atoms with Crippen molar-refractivity contribution in [1.29, 1.82) is 0 Å². The summed E-state index contributed by atoms with van der Waals surface area (Å²) in [7, 11) is 1.21. The summed E-state index contributed by atoms with van der Waals surface area (Å²) in [6.45, 7) is 15.6. The third-order valence-electron chi connectivity index (χ3n) is 5.48. The van der Waals surface area contributed by atoms with Crippen molar-refractivity contribution in [2.45, 2.75) is 111 Å². The molecule has 0 aliphatic rings. The minimum Gasteiger partial charge on any atom is -0.468 e. The number of ether oxygens (including phenoxy) is 6. The van der Waals surface area contributed by atoms with Gasteiger partial charge < -0.3 is 34.2 Å². The van der Waals surface area contributed by atoms with Gasteiger partial charge in [-0.05, 0) is 72.1 Å². The molecule has 0 saturated heterocycles. The first-order valence-corrected chi connectivity index (χ1v) is 13.3. The van der Waals surface area contributed by atoms with E-state index in [2.05, 4.69) is 0 Å². The Kier molecular flexibility index (Phi) is 12.4. The van der Waals surface area contributed by atoms with Crippen molar-refractivity contribution >= 4 is 24.2 Å². The zero-order valence-electron chi connectivity index (χ0n) is 25.4. The monoisotopic (exact) mass is 567 g/mol. The Morgan fingerprint density at radius 3 is 1.88 bits per heavy atom. The second-order valence-electron chi connectivity index (χ2n) is 12.0. The van der Waals surface area contributed by atoms with Gasteiger partial charge in [0, 0.05) is 19.3 Å². The lowest BCUT2D eigenvalue weighted by Gasteiger charge is -2.29. The summed E-state index contributed by atoms with van der Waals surface area (Å²) in [6, 6.07) is 4.33. The van der Waals surface area contributed by atoms with E-state index in [1.165, 1.54) is 19.2 Å². The standard InChI is InChI=1S/C29H45NO10/c1-11-18(2)14-23(31)36-19(3)16-29(30,24(32)35-10)17-20-12-13-21(37-25(33)39-27(4,5)6)22(15-20)38-26(34)40-28(7,8)9/h12-13,15,18-19H,11,14,16-17,30H2,1-10H3/t18?,19-,29?/m0/s1. The van der Waals surface area contributed by atoms with Crippen LogP contribution in [0.1, 0.15) is 87.1 Å². The molecule has 11 heteroatoms. The van der Waals surface area contributed by atoms with Crippen LogP contribution >= 0.6 is 0 Å². The molecule has 0 saturated carbocycles. The fourth-order valence-electron chi connectivity index (χ4n) is 3.60. The van der Waals surface area contributed by atoms with Gasteiger partial charge in [0.25, 0.3) is 0 Å². The fraction of sp³-hybridized carbons (Fsp3) is 0.655. The van der Waals surface area contributed by atoms with E-state index in [1.807, 2.05) is 13.8 Å².